The Morgan fingerprint density at radius 3 is 2.48 bits per heavy atom. The van der Waals surface area contributed by atoms with E-state index in [1.54, 1.807) is 20.5 Å². The van der Waals surface area contributed by atoms with Gasteiger partial charge in [-0.15, -0.1) is 10.2 Å². The van der Waals surface area contributed by atoms with Crippen molar-refractivity contribution >= 4 is 23.3 Å². The lowest BCUT2D eigenvalue weighted by atomic mass is 10.0. The van der Waals surface area contributed by atoms with Gasteiger partial charge in [0.25, 0.3) is 5.95 Å². The predicted molar refractivity (Wildman–Crippen MR) is 129 cm³/mol. The number of methoxy groups -OCH3 is 2. The zero-order valence-corrected chi connectivity index (χ0v) is 19.0. The largest absolute Gasteiger partial charge is 0.493 e. The molecule has 0 atom stereocenters. The van der Waals surface area contributed by atoms with Gasteiger partial charge in [0.2, 0.25) is 0 Å². The molecule has 1 aliphatic heterocycles. The SMILES string of the molecule is COc1ccc(CCN2N=C(c3ccc(Cl)cc3)c3ccccc3-n3cnnc32)cc1OC. The lowest BCUT2D eigenvalue weighted by Crippen LogP contribution is -2.23. The van der Waals surface area contributed by atoms with Gasteiger partial charge < -0.3 is 9.47 Å². The molecular weight excluding hydrogens is 438 g/mol. The first-order valence-corrected chi connectivity index (χ1v) is 10.9. The molecule has 0 spiro atoms. The van der Waals surface area contributed by atoms with E-state index >= 15 is 0 Å². The first kappa shape index (κ1) is 21.0. The van der Waals surface area contributed by atoms with Crippen LogP contribution in [0.2, 0.25) is 5.02 Å². The average Bonchev–Trinajstić information content (AvgIpc) is 3.30. The maximum atomic E-state index is 6.14. The predicted octanol–water partition coefficient (Wildman–Crippen LogP) is 4.75. The van der Waals surface area contributed by atoms with Crippen LogP contribution in [0.25, 0.3) is 5.69 Å². The van der Waals surface area contributed by atoms with Crippen molar-refractivity contribution in [3.8, 4) is 17.2 Å². The number of ether oxygens (including phenoxy) is 2. The number of nitrogens with zero attached hydrogens (tertiary/aromatic N) is 5. The van der Waals surface area contributed by atoms with Crippen molar-refractivity contribution in [3.63, 3.8) is 0 Å². The molecule has 0 saturated carbocycles. The summed E-state index contributed by atoms with van der Waals surface area (Å²) < 4.78 is 12.8. The summed E-state index contributed by atoms with van der Waals surface area (Å²) in [5, 5.41) is 16.2. The maximum absolute atomic E-state index is 6.14. The van der Waals surface area contributed by atoms with Crippen LogP contribution >= 0.6 is 11.6 Å². The number of hydrogen-bond acceptors (Lipinski definition) is 6. The fourth-order valence-corrected chi connectivity index (χ4v) is 4.05. The van der Waals surface area contributed by atoms with E-state index in [1.807, 2.05) is 70.2 Å². The van der Waals surface area contributed by atoms with E-state index in [-0.39, 0.29) is 0 Å². The molecule has 0 fully saturated rings. The molecule has 1 aliphatic rings. The van der Waals surface area contributed by atoms with Crippen LogP contribution in [-0.2, 0) is 6.42 Å². The Kier molecular flexibility index (Phi) is 5.71. The summed E-state index contributed by atoms with van der Waals surface area (Å²) in [4.78, 5) is 0. The number of halogens is 1. The number of aromatic nitrogens is 3. The van der Waals surface area contributed by atoms with Gasteiger partial charge in [0, 0.05) is 22.7 Å². The minimum absolute atomic E-state index is 0.596. The summed E-state index contributed by atoms with van der Waals surface area (Å²) >= 11 is 6.14. The molecule has 0 radical (unpaired) electrons. The minimum atomic E-state index is 0.596. The van der Waals surface area contributed by atoms with Gasteiger partial charge in [-0.1, -0.05) is 48.0 Å². The van der Waals surface area contributed by atoms with E-state index in [0.717, 1.165) is 34.5 Å². The Morgan fingerprint density at radius 1 is 0.909 bits per heavy atom. The molecule has 33 heavy (non-hydrogen) atoms. The number of hydrogen-bond donors (Lipinski definition) is 0. The molecule has 0 saturated heterocycles. The molecule has 0 amide bonds. The van der Waals surface area contributed by atoms with Crippen molar-refractivity contribution in [3.05, 3.63) is 94.8 Å². The van der Waals surface area contributed by atoms with E-state index in [0.29, 0.717) is 29.0 Å². The van der Waals surface area contributed by atoms with E-state index in [1.165, 1.54) is 0 Å². The van der Waals surface area contributed by atoms with Gasteiger partial charge in [-0.2, -0.15) is 5.10 Å². The Hall–Kier alpha value is -3.84. The van der Waals surface area contributed by atoms with E-state index in [2.05, 4.69) is 16.3 Å². The van der Waals surface area contributed by atoms with E-state index in [4.69, 9.17) is 26.2 Å². The number of para-hydroxylation sites is 1. The molecule has 0 N–H and O–H groups in total. The second kappa shape index (κ2) is 8.96. The Bertz CT molecular complexity index is 1320. The summed E-state index contributed by atoms with van der Waals surface area (Å²) in [6.07, 6.45) is 2.44. The van der Waals surface area contributed by atoms with Crippen molar-refractivity contribution in [2.75, 3.05) is 25.8 Å². The third-order valence-corrected chi connectivity index (χ3v) is 5.83. The molecule has 7 nitrogen and oxygen atoms in total. The standard InChI is InChI=1S/C25H22ClN5O2/c1-32-22-12-7-17(15-23(22)33-2)13-14-31-25-28-27-16-30(25)21-6-4-3-5-20(21)24(29-31)18-8-10-19(26)11-9-18/h3-12,15-16H,13-14H2,1-2H3. The summed E-state index contributed by atoms with van der Waals surface area (Å²) in [6, 6.07) is 21.8. The summed E-state index contributed by atoms with van der Waals surface area (Å²) in [5.74, 6) is 2.06. The van der Waals surface area contributed by atoms with Gasteiger partial charge in [0.05, 0.1) is 19.9 Å². The van der Waals surface area contributed by atoms with Gasteiger partial charge in [-0.05, 0) is 42.3 Å². The average molecular weight is 460 g/mol. The molecule has 0 aliphatic carbocycles. The number of anilines is 1. The van der Waals surface area contributed by atoms with Crippen molar-refractivity contribution < 1.29 is 9.47 Å². The lowest BCUT2D eigenvalue weighted by molar-refractivity contribution is 0.354. The summed E-state index contributed by atoms with van der Waals surface area (Å²) in [5.41, 5.74) is 4.89. The molecule has 5 rings (SSSR count). The van der Waals surface area contributed by atoms with Crippen LogP contribution in [0, 0.1) is 0 Å². The first-order valence-electron chi connectivity index (χ1n) is 10.5. The van der Waals surface area contributed by atoms with Crippen LogP contribution in [0.1, 0.15) is 16.7 Å². The molecular formula is C25H22ClN5O2. The van der Waals surface area contributed by atoms with Crippen LogP contribution in [0.4, 0.5) is 5.95 Å². The zero-order chi connectivity index (χ0) is 22.8. The smallest absolute Gasteiger partial charge is 0.252 e. The van der Waals surface area contributed by atoms with Crippen LogP contribution in [0.5, 0.6) is 11.5 Å². The monoisotopic (exact) mass is 459 g/mol. The molecule has 1 aromatic heterocycles. The Balaban J connectivity index is 1.55. The maximum Gasteiger partial charge on any atom is 0.252 e. The second-order valence-electron chi connectivity index (χ2n) is 7.54. The number of fused-ring (bicyclic) bond motifs is 3. The quantitative estimate of drug-likeness (QED) is 0.416. The summed E-state index contributed by atoms with van der Waals surface area (Å²) in [6.45, 7) is 0.596. The summed E-state index contributed by atoms with van der Waals surface area (Å²) in [7, 11) is 3.27. The normalized spacial score (nSPS) is 12.5. The fraction of sp³-hybridized carbons (Fsp3) is 0.160. The van der Waals surface area contributed by atoms with E-state index < -0.39 is 0 Å². The molecule has 0 bridgehead atoms. The molecule has 166 valence electrons. The van der Waals surface area contributed by atoms with Crippen molar-refractivity contribution in [2.45, 2.75) is 6.42 Å². The van der Waals surface area contributed by atoms with Crippen LogP contribution in [0.3, 0.4) is 0 Å². The molecule has 2 heterocycles. The van der Waals surface area contributed by atoms with Gasteiger partial charge in [-0.25, -0.2) is 5.01 Å². The second-order valence-corrected chi connectivity index (χ2v) is 7.97. The molecule has 0 unspecified atom stereocenters. The van der Waals surface area contributed by atoms with Gasteiger partial charge in [-0.3, -0.25) is 4.57 Å². The minimum Gasteiger partial charge on any atom is -0.493 e. The van der Waals surface area contributed by atoms with Crippen LogP contribution < -0.4 is 14.5 Å². The highest BCUT2D eigenvalue weighted by Crippen LogP contribution is 2.30. The highest BCUT2D eigenvalue weighted by Gasteiger charge is 2.24. The zero-order valence-electron chi connectivity index (χ0n) is 18.3. The van der Waals surface area contributed by atoms with Crippen molar-refractivity contribution in [2.24, 2.45) is 5.10 Å². The topological polar surface area (TPSA) is 64.8 Å². The van der Waals surface area contributed by atoms with Crippen LogP contribution in [0.15, 0.2) is 78.2 Å². The van der Waals surface area contributed by atoms with Gasteiger partial charge in [0.1, 0.15) is 12.0 Å². The fourth-order valence-electron chi connectivity index (χ4n) is 3.92. The lowest BCUT2D eigenvalue weighted by Gasteiger charge is -2.18. The number of benzene rings is 3. The highest BCUT2D eigenvalue weighted by molar-refractivity contribution is 6.30. The number of rotatable bonds is 6. The highest BCUT2D eigenvalue weighted by atomic mass is 35.5. The van der Waals surface area contributed by atoms with Gasteiger partial charge in [0.15, 0.2) is 11.5 Å². The third-order valence-electron chi connectivity index (χ3n) is 5.58. The molecule has 3 aromatic carbocycles. The third kappa shape index (κ3) is 4.03. The van der Waals surface area contributed by atoms with Crippen molar-refractivity contribution in [1.82, 2.24) is 14.8 Å². The molecule has 8 heteroatoms. The van der Waals surface area contributed by atoms with Crippen LogP contribution in [-0.4, -0.2) is 41.2 Å². The molecule has 4 aromatic rings. The first-order chi connectivity index (χ1) is 16.2. The Labute approximate surface area is 196 Å². The Morgan fingerprint density at radius 2 is 1.70 bits per heavy atom. The van der Waals surface area contributed by atoms with E-state index in [9.17, 15) is 0 Å². The number of hydrazone groups is 1. The van der Waals surface area contributed by atoms with Gasteiger partial charge >= 0.3 is 0 Å². The van der Waals surface area contributed by atoms with Crippen molar-refractivity contribution in [1.29, 1.82) is 0 Å².